The SMILES string of the molecule is CCCn1cnc(/C=C2\CCCN(C(=O)[O-])C2=O)c1. The van der Waals surface area contributed by atoms with Gasteiger partial charge >= 0.3 is 0 Å². The first kappa shape index (κ1) is 13.3. The molecule has 1 aromatic heterocycles. The van der Waals surface area contributed by atoms with Gasteiger partial charge in [0.15, 0.2) is 0 Å². The summed E-state index contributed by atoms with van der Waals surface area (Å²) in [6.07, 6.45) is 5.98. The van der Waals surface area contributed by atoms with Gasteiger partial charge in [-0.25, -0.2) is 4.98 Å². The molecule has 6 nitrogen and oxygen atoms in total. The fourth-order valence-corrected chi connectivity index (χ4v) is 2.13. The maximum Gasteiger partial charge on any atom is 0.255 e. The van der Waals surface area contributed by atoms with Crippen molar-refractivity contribution in [3.8, 4) is 0 Å². The third-order valence-electron chi connectivity index (χ3n) is 3.03. The fourth-order valence-electron chi connectivity index (χ4n) is 2.13. The Kier molecular flexibility index (Phi) is 3.99. The normalized spacial score (nSPS) is 18.1. The summed E-state index contributed by atoms with van der Waals surface area (Å²) >= 11 is 0. The number of rotatable bonds is 3. The standard InChI is InChI=1S/C13H17N3O3/c1-2-5-15-8-11(14-9-15)7-10-4-3-6-16(12(10)17)13(18)19/h7-9H,2-6H2,1H3,(H,18,19)/p-1/b10-7+. The number of imidazole rings is 1. The number of nitrogens with zero attached hydrogens (tertiary/aromatic N) is 3. The van der Waals surface area contributed by atoms with Crippen molar-refractivity contribution in [2.75, 3.05) is 6.54 Å². The van der Waals surface area contributed by atoms with Gasteiger partial charge < -0.3 is 14.5 Å². The van der Waals surface area contributed by atoms with Crippen LogP contribution in [0.2, 0.25) is 0 Å². The minimum Gasteiger partial charge on any atom is -0.530 e. The van der Waals surface area contributed by atoms with Gasteiger partial charge in [-0.3, -0.25) is 9.69 Å². The van der Waals surface area contributed by atoms with Gasteiger partial charge in [-0.2, -0.15) is 0 Å². The Morgan fingerprint density at radius 1 is 1.58 bits per heavy atom. The highest BCUT2D eigenvalue weighted by Gasteiger charge is 2.23. The third kappa shape index (κ3) is 3.01. The van der Waals surface area contributed by atoms with E-state index in [0.717, 1.165) is 17.9 Å². The van der Waals surface area contributed by atoms with Crippen LogP contribution in [0.3, 0.4) is 0 Å². The second kappa shape index (κ2) is 5.69. The highest BCUT2D eigenvalue weighted by Crippen LogP contribution is 2.19. The van der Waals surface area contributed by atoms with E-state index in [1.165, 1.54) is 0 Å². The average molecular weight is 262 g/mol. The van der Waals surface area contributed by atoms with Gasteiger partial charge in [-0.05, 0) is 25.3 Å². The van der Waals surface area contributed by atoms with E-state index >= 15 is 0 Å². The lowest BCUT2D eigenvalue weighted by Gasteiger charge is -2.28. The van der Waals surface area contributed by atoms with Crippen LogP contribution < -0.4 is 5.11 Å². The summed E-state index contributed by atoms with van der Waals surface area (Å²) in [4.78, 5) is 27.6. The molecule has 2 heterocycles. The number of imide groups is 1. The van der Waals surface area contributed by atoms with E-state index < -0.39 is 12.0 Å². The molecular weight excluding hydrogens is 246 g/mol. The van der Waals surface area contributed by atoms with Crippen molar-refractivity contribution < 1.29 is 14.7 Å². The summed E-state index contributed by atoms with van der Waals surface area (Å²) in [5.41, 5.74) is 1.15. The first-order valence-corrected chi connectivity index (χ1v) is 6.37. The first-order chi connectivity index (χ1) is 9.11. The molecule has 6 heteroatoms. The molecule has 0 saturated carbocycles. The van der Waals surface area contributed by atoms with Crippen LogP contribution in [-0.2, 0) is 11.3 Å². The van der Waals surface area contributed by atoms with Crippen molar-refractivity contribution in [3.63, 3.8) is 0 Å². The number of hydrogen-bond acceptors (Lipinski definition) is 4. The zero-order valence-electron chi connectivity index (χ0n) is 10.8. The Hall–Kier alpha value is -2.11. The molecule has 1 aromatic rings. The van der Waals surface area contributed by atoms with Gasteiger partial charge in [0.05, 0.1) is 12.0 Å². The molecule has 0 unspecified atom stereocenters. The molecule has 0 aliphatic carbocycles. The minimum absolute atomic E-state index is 0.211. The number of aromatic nitrogens is 2. The van der Waals surface area contributed by atoms with Crippen molar-refractivity contribution in [1.82, 2.24) is 14.5 Å². The summed E-state index contributed by atoms with van der Waals surface area (Å²) in [6, 6.07) is 0. The molecule has 102 valence electrons. The largest absolute Gasteiger partial charge is 0.530 e. The second-order valence-electron chi connectivity index (χ2n) is 4.53. The Morgan fingerprint density at radius 3 is 3.05 bits per heavy atom. The lowest BCUT2D eigenvalue weighted by atomic mass is 10.0. The average Bonchev–Trinajstić information content (AvgIpc) is 2.79. The molecule has 2 amide bonds. The quantitative estimate of drug-likeness (QED) is 0.749. The lowest BCUT2D eigenvalue weighted by Crippen LogP contribution is -2.48. The van der Waals surface area contributed by atoms with Gasteiger partial charge in [0.2, 0.25) is 0 Å². The number of carbonyl (C=O) groups excluding carboxylic acids is 2. The fraction of sp³-hybridized carbons (Fsp3) is 0.462. The molecule has 2 rings (SSSR count). The molecule has 0 spiro atoms. The van der Waals surface area contributed by atoms with E-state index in [4.69, 9.17) is 0 Å². The van der Waals surface area contributed by atoms with E-state index in [-0.39, 0.29) is 6.54 Å². The van der Waals surface area contributed by atoms with Crippen LogP contribution in [0.1, 0.15) is 31.9 Å². The molecule has 19 heavy (non-hydrogen) atoms. The highest BCUT2D eigenvalue weighted by atomic mass is 16.4. The summed E-state index contributed by atoms with van der Waals surface area (Å²) in [6.45, 7) is 3.15. The summed E-state index contributed by atoms with van der Waals surface area (Å²) in [5.74, 6) is -0.490. The lowest BCUT2D eigenvalue weighted by molar-refractivity contribution is -0.263. The summed E-state index contributed by atoms with van der Waals surface area (Å²) < 4.78 is 1.94. The predicted molar refractivity (Wildman–Crippen MR) is 66.8 cm³/mol. The van der Waals surface area contributed by atoms with Gasteiger partial charge in [-0.15, -0.1) is 0 Å². The first-order valence-electron chi connectivity index (χ1n) is 6.37. The summed E-state index contributed by atoms with van der Waals surface area (Å²) in [5, 5.41) is 10.8. The van der Waals surface area contributed by atoms with Crippen LogP contribution in [-0.4, -0.2) is 33.0 Å². The molecule has 0 N–H and O–H groups in total. The minimum atomic E-state index is -1.44. The topological polar surface area (TPSA) is 78.3 Å². The van der Waals surface area contributed by atoms with Gasteiger partial charge in [0.1, 0.15) is 6.09 Å². The molecule has 1 aliphatic rings. The van der Waals surface area contributed by atoms with Gasteiger partial charge in [0, 0.05) is 24.9 Å². The monoisotopic (exact) mass is 262 g/mol. The number of carboxylic acid groups (broad SMARTS) is 1. The van der Waals surface area contributed by atoms with Crippen molar-refractivity contribution >= 4 is 18.1 Å². The molecule has 1 fully saturated rings. The molecule has 1 saturated heterocycles. The van der Waals surface area contributed by atoms with Crippen LogP contribution >= 0.6 is 0 Å². The zero-order valence-corrected chi connectivity index (χ0v) is 10.8. The van der Waals surface area contributed by atoms with Crippen LogP contribution in [0, 0.1) is 0 Å². The number of carbonyl (C=O) groups is 2. The number of piperidine rings is 1. The summed E-state index contributed by atoms with van der Waals surface area (Å²) in [7, 11) is 0. The van der Waals surface area contributed by atoms with E-state index in [9.17, 15) is 14.7 Å². The Balaban J connectivity index is 2.17. The van der Waals surface area contributed by atoms with Crippen LogP contribution in [0.4, 0.5) is 4.79 Å². The van der Waals surface area contributed by atoms with E-state index in [0.29, 0.717) is 24.1 Å². The van der Waals surface area contributed by atoms with Crippen LogP contribution in [0.15, 0.2) is 18.1 Å². The molecule has 0 bridgehead atoms. The second-order valence-corrected chi connectivity index (χ2v) is 4.53. The van der Waals surface area contributed by atoms with Crippen molar-refractivity contribution in [1.29, 1.82) is 0 Å². The van der Waals surface area contributed by atoms with E-state index in [1.807, 2.05) is 10.8 Å². The number of likely N-dealkylation sites (tertiary alicyclic amines) is 1. The highest BCUT2D eigenvalue weighted by molar-refractivity contribution is 6.04. The zero-order chi connectivity index (χ0) is 13.8. The van der Waals surface area contributed by atoms with Crippen molar-refractivity contribution in [2.45, 2.75) is 32.7 Å². The van der Waals surface area contributed by atoms with Crippen LogP contribution in [0.5, 0.6) is 0 Å². The third-order valence-corrected chi connectivity index (χ3v) is 3.03. The predicted octanol–water partition coefficient (Wildman–Crippen LogP) is 0.642. The van der Waals surface area contributed by atoms with E-state index in [2.05, 4.69) is 11.9 Å². The maximum absolute atomic E-state index is 11.9. The maximum atomic E-state index is 11.9. The Morgan fingerprint density at radius 2 is 2.37 bits per heavy atom. The van der Waals surface area contributed by atoms with Crippen molar-refractivity contribution in [3.05, 3.63) is 23.8 Å². The Bertz CT molecular complexity index is 519. The molecule has 0 aromatic carbocycles. The molecule has 1 aliphatic heterocycles. The van der Waals surface area contributed by atoms with Gasteiger partial charge in [0.25, 0.3) is 5.91 Å². The molecular formula is C13H16N3O3-. The van der Waals surface area contributed by atoms with Crippen molar-refractivity contribution in [2.24, 2.45) is 0 Å². The molecule has 0 atom stereocenters. The molecule has 0 radical (unpaired) electrons. The number of hydrogen-bond donors (Lipinski definition) is 0. The Labute approximate surface area is 111 Å². The van der Waals surface area contributed by atoms with Gasteiger partial charge in [-0.1, -0.05) is 6.92 Å². The smallest absolute Gasteiger partial charge is 0.255 e. The van der Waals surface area contributed by atoms with E-state index in [1.54, 1.807) is 12.4 Å². The number of amides is 2. The number of aryl methyl sites for hydroxylation is 1. The van der Waals surface area contributed by atoms with Crippen LogP contribution in [0.25, 0.3) is 6.08 Å².